The maximum atomic E-state index is 5.88. The predicted molar refractivity (Wildman–Crippen MR) is 130 cm³/mol. The summed E-state index contributed by atoms with van der Waals surface area (Å²) in [5.74, 6) is 0. The fraction of sp³-hybridized carbons (Fsp3) is 1.00. The largest absolute Gasteiger partial charge is 0.379 e. The van der Waals surface area contributed by atoms with Crippen molar-refractivity contribution in [2.45, 2.75) is 130 Å². The number of hydrogen-bond donors (Lipinski definition) is 0. The number of unbranched alkanes of at least 4 members (excludes halogenated alkanes) is 8. The van der Waals surface area contributed by atoms with Crippen LogP contribution in [0.4, 0.5) is 0 Å². The van der Waals surface area contributed by atoms with Gasteiger partial charge >= 0.3 is 0 Å². The van der Waals surface area contributed by atoms with E-state index < -0.39 is 0 Å². The van der Waals surface area contributed by atoms with Gasteiger partial charge in [0.2, 0.25) is 0 Å². The Labute approximate surface area is 193 Å². The van der Waals surface area contributed by atoms with Crippen molar-refractivity contribution in [2.24, 2.45) is 0 Å². The Morgan fingerprint density at radius 2 is 0.839 bits per heavy atom. The first-order valence-corrected chi connectivity index (χ1v) is 13.0. The molecule has 0 rings (SSSR count). The van der Waals surface area contributed by atoms with Gasteiger partial charge in [-0.1, -0.05) is 65.2 Å². The van der Waals surface area contributed by atoms with E-state index in [1.165, 1.54) is 44.9 Å². The van der Waals surface area contributed by atoms with Gasteiger partial charge < -0.3 is 23.7 Å². The van der Waals surface area contributed by atoms with Crippen LogP contribution in [-0.4, -0.2) is 64.1 Å². The SMILES string of the molecule is CCCCCCCCCCOC(C)COC(C)COC(C)COC(C)COCCCC. The number of rotatable bonds is 24. The van der Waals surface area contributed by atoms with E-state index in [4.69, 9.17) is 23.7 Å². The summed E-state index contributed by atoms with van der Waals surface area (Å²) in [5.41, 5.74) is 0. The summed E-state index contributed by atoms with van der Waals surface area (Å²) < 4.78 is 29.0. The molecule has 0 fully saturated rings. The van der Waals surface area contributed by atoms with Gasteiger partial charge in [0.25, 0.3) is 0 Å². The zero-order chi connectivity index (χ0) is 23.2. The summed E-state index contributed by atoms with van der Waals surface area (Å²) in [6.45, 7) is 16.7. The molecular formula is C26H54O5. The molecule has 5 nitrogen and oxygen atoms in total. The van der Waals surface area contributed by atoms with Gasteiger partial charge in [-0.3, -0.25) is 0 Å². The van der Waals surface area contributed by atoms with Crippen LogP contribution in [-0.2, 0) is 23.7 Å². The lowest BCUT2D eigenvalue weighted by Crippen LogP contribution is -2.28. The normalized spacial score (nSPS) is 15.7. The van der Waals surface area contributed by atoms with Crippen molar-refractivity contribution in [1.29, 1.82) is 0 Å². The van der Waals surface area contributed by atoms with E-state index in [1.807, 2.05) is 20.8 Å². The average Bonchev–Trinajstić information content (AvgIpc) is 2.76. The van der Waals surface area contributed by atoms with Crippen LogP contribution in [0.3, 0.4) is 0 Å². The van der Waals surface area contributed by atoms with Crippen LogP contribution in [0.1, 0.15) is 106 Å². The van der Waals surface area contributed by atoms with Gasteiger partial charge in [0.15, 0.2) is 0 Å². The van der Waals surface area contributed by atoms with Gasteiger partial charge in [-0.2, -0.15) is 0 Å². The third-order valence-corrected chi connectivity index (χ3v) is 5.24. The molecule has 0 aliphatic rings. The molecule has 31 heavy (non-hydrogen) atoms. The van der Waals surface area contributed by atoms with Gasteiger partial charge in [-0.15, -0.1) is 0 Å². The lowest BCUT2D eigenvalue weighted by Gasteiger charge is -2.21. The van der Waals surface area contributed by atoms with Crippen molar-refractivity contribution in [1.82, 2.24) is 0 Å². The van der Waals surface area contributed by atoms with Crippen molar-refractivity contribution in [3.8, 4) is 0 Å². The van der Waals surface area contributed by atoms with Crippen LogP contribution in [0.5, 0.6) is 0 Å². The Morgan fingerprint density at radius 1 is 0.419 bits per heavy atom. The second kappa shape index (κ2) is 23.0. The van der Waals surface area contributed by atoms with Gasteiger partial charge in [-0.05, 0) is 40.5 Å². The molecule has 0 N–H and O–H groups in total. The maximum Gasteiger partial charge on any atom is 0.0781 e. The Bertz CT molecular complexity index is 353. The monoisotopic (exact) mass is 446 g/mol. The first-order valence-electron chi connectivity index (χ1n) is 13.0. The van der Waals surface area contributed by atoms with Crippen LogP contribution in [0.2, 0.25) is 0 Å². The van der Waals surface area contributed by atoms with Crippen LogP contribution in [0.25, 0.3) is 0 Å². The molecule has 0 saturated heterocycles. The van der Waals surface area contributed by atoms with Crippen LogP contribution in [0, 0.1) is 0 Å². The molecule has 4 unspecified atom stereocenters. The first kappa shape index (κ1) is 30.8. The molecule has 0 spiro atoms. The van der Waals surface area contributed by atoms with Gasteiger partial charge in [0, 0.05) is 13.2 Å². The molecule has 0 aromatic heterocycles. The molecule has 0 saturated carbocycles. The van der Waals surface area contributed by atoms with Crippen LogP contribution >= 0.6 is 0 Å². The molecule has 188 valence electrons. The third-order valence-electron chi connectivity index (χ3n) is 5.24. The highest BCUT2D eigenvalue weighted by Gasteiger charge is 2.11. The van der Waals surface area contributed by atoms with Crippen molar-refractivity contribution in [3.05, 3.63) is 0 Å². The van der Waals surface area contributed by atoms with Crippen LogP contribution < -0.4 is 0 Å². The van der Waals surface area contributed by atoms with E-state index in [9.17, 15) is 0 Å². The second-order valence-electron chi connectivity index (χ2n) is 9.02. The van der Waals surface area contributed by atoms with E-state index in [-0.39, 0.29) is 24.4 Å². The third kappa shape index (κ3) is 22.8. The zero-order valence-electron chi connectivity index (χ0n) is 21.7. The Kier molecular flexibility index (Phi) is 22.8. The molecule has 0 aromatic rings. The molecule has 5 heteroatoms. The summed E-state index contributed by atoms with van der Waals surface area (Å²) in [7, 11) is 0. The highest BCUT2D eigenvalue weighted by molar-refractivity contribution is 4.57. The second-order valence-corrected chi connectivity index (χ2v) is 9.02. The molecule has 0 aromatic carbocycles. The van der Waals surface area contributed by atoms with E-state index in [0.717, 1.165) is 32.5 Å². The van der Waals surface area contributed by atoms with E-state index in [0.29, 0.717) is 26.4 Å². The van der Waals surface area contributed by atoms with Crippen molar-refractivity contribution in [2.75, 3.05) is 39.6 Å². The van der Waals surface area contributed by atoms with Gasteiger partial charge in [0.1, 0.15) is 0 Å². The fourth-order valence-corrected chi connectivity index (χ4v) is 3.11. The minimum Gasteiger partial charge on any atom is -0.379 e. The Balaban J connectivity index is 3.54. The molecule has 0 heterocycles. The van der Waals surface area contributed by atoms with Crippen molar-refractivity contribution < 1.29 is 23.7 Å². The lowest BCUT2D eigenvalue weighted by atomic mass is 10.1. The summed E-state index contributed by atoms with van der Waals surface area (Å²) in [6, 6.07) is 0. The molecule has 4 atom stereocenters. The molecule has 0 aliphatic carbocycles. The summed E-state index contributed by atoms with van der Waals surface area (Å²) >= 11 is 0. The molecule has 0 amide bonds. The van der Waals surface area contributed by atoms with E-state index in [2.05, 4.69) is 20.8 Å². The Morgan fingerprint density at radius 3 is 1.35 bits per heavy atom. The van der Waals surface area contributed by atoms with E-state index >= 15 is 0 Å². The molecule has 0 aliphatic heterocycles. The first-order chi connectivity index (χ1) is 15.0. The molecule has 0 radical (unpaired) electrons. The minimum absolute atomic E-state index is 0.0415. The number of hydrogen-bond acceptors (Lipinski definition) is 5. The molecule has 0 bridgehead atoms. The lowest BCUT2D eigenvalue weighted by molar-refractivity contribution is -0.0922. The van der Waals surface area contributed by atoms with Gasteiger partial charge in [-0.25, -0.2) is 0 Å². The highest BCUT2D eigenvalue weighted by atomic mass is 16.6. The summed E-state index contributed by atoms with van der Waals surface area (Å²) in [5, 5.41) is 0. The average molecular weight is 447 g/mol. The Hall–Kier alpha value is -0.200. The maximum absolute atomic E-state index is 5.88. The summed E-state index contributed by atoms with van der Waals surface area (Å²) in [6.07, 6.45) is 13.2. The van der Waals surface area contributed by atoms with E-state index in [1.54, 1.807) is 0 Å². The summed E-state index contributed by atoms with van der Waals surface area (Å²) in [4.78, 5) is 0. The standard InChI is InChI=1S/C26H54O5/c1-7-9-11-12-13-14-15-16-18-28-24(4)20-30-26(6)22-31-25(5)21-29-23(3)19-27-17-10-8-2/h23-26H,7-22H2,1-6H3. The van der Waals surface area contributed by atoms with Gasteiger partial charge in [0.05, 0.1) is 50.8 Å². The number of ether oxygens (including phenoxy) is 5. The molecular weight excluding hydrogens is 392 g/mol. The fourth-order valence-electron chi connectivity index (χ4n) is 3.11. The quantitative estimate of drug-likeness (QED) is 0.157. The topological polar surface area (TPSA) is 46.2 Å². The van der Waals surface area contributed by atoms with Crippen LogP contribution in [0.15, 0.2) is 0 Å². The minimum atomic E-state index is 0.0415. The smallest absolute Gasteiger partial charge is 0.0781 e. The highest BCUT2D eigenvalue weighted by Crippen LogP contribution is 2.09. The van der Waals surface area contributed by atoms with Crippen molar-refractivity contribution >= 4 is 0 Å². The predicted octanol–water partition coefficient (Wildman–Crippen LogP) is 6.56. The van der Waals surface area contributed by atoms with Crippen molar-refractivity contribution in [3.63, 3.8) is 0 Å². The zero-order valence-corrected chi connectivity index (χ0v) is 21.7.